The van der Waals surface area contributed by atoms with Crippen molar-refractivity contribution in [2.75, 3.05) is 26.3 Å². The van der Waals surface area contributed by atoms with Gasteiger partial charge in [0.1, 0.15) is 0 Å². The Balaban J connectivity index is 1.96. The molecule has 1 aliphatic rings. The number of hydrogen-bond donors (Lipinski definition) is 1. The van der Waals surface area contributed by atoms with Crippen molar-refractivity contribution in [3.63, 3.8) is 0 Å². The molecule has 0 aromatic heterocycles. The topological polar surface area (TPSA) is 30.5 Å². The molecule has 1 aliphatic heterocycles. The van der Waals surface area contributed by atoms with Crippen LogP contribution in [0.3, 0.4) is 0 Å². The summed E-state index contributed by atoms with van der Waals surface area (Å²) in [6.07, 6.45) is 2.19. The monoisotopic (exact) mass is 159 g/mol. The highest BCUT2D eigenvalue weighted by Crippen LogP contribution is 2.02. The molecule has 0 aliphatic carbocycles. The lowest BCUT2D eigenvalue weighted by molar-refractivity contribution is -0.175. The van der Waals surface area contributed by atoms with Crippen LogP contribution in [0.2, 0.25) is 0 Å². The van der Waals surface area contributed by atoms with E-state index in [1.807, 2.05) is 0 Å². The maximum absolute atomic E-state index is 5.34. The third-order valence-corrected chi connectivity index (χ3v) is 1.63. The Kier molecular flexibility index (Phi) is 4.50. The van der Waals surface area contributed by atoms with Gasteiger partial charge in [0.25, 0.3) is 0 Å². The summed E-state index contributed by atoms with van der Waals surface area (Å²) in [7, 11) is 0. The fraction of sp³-hybridized carbons (Fsp3) is 1.00. The van der Waals surface area contributed by atoms with E-state index in [1.165, 1.54) is 0 Å². The van der Waals surface area contributed by atoms with E-state index < -0.39 is 0 Å². The summed E-state index contributed by atoms with van der Waals surface area (Å²) in [5.41, 5.74) is 0. The molecular weight excluding hydrogens is 142 g/mol. The van der Waals surface area contributed by atoms with Crippen LogP contribution in [0.15, 0.2) is 0 Å². The van der Waals surface area contributed by atoms with Gasteiger partial charge in [0.2, 0.25) is 0 Å². The van der Waals surface area contributed by atoms with E-state index in [1.54, 1.807) is 0 Å². The predicted molar refractivity (Wildman–Crippen MR) is 43.5 cm³/mol. The summed E-state index contributed by atoms with van der Waals surface area (Å²) in [4.78, 5) is 0. The molecule has 1 saturated heterocycles. The Morgan fingerprint density at radius 1 is 1.36 bits per heavy atom. The van der Waals surface area contributed by atoms with E-state index in [9.17, 15) is 0 Å². The van der Waals surface area contributed by atoms with Gasteiger partial charge in [-0.1, -0.05) is 6.92 Å². The lowest BCUT2D eigenvalue weighted by Crippen LogP contribution is -2.35. The minimum atomic E-state index is -0.00435. The van der Waals surface area contributed by atoms with Gasteiger partial charge >= 0.3 is 0 Å². The van der Waals surface area contributed by atoms with E-state index in [0.717, 1.165) is 39.1 Å². The quantitative estimate of drug-likeness (QED) is 0.614. The summed E-state index contributed by atoms with van der Waals surface area (Å²) in [5, 5.41) is 3.25. The van der Waals surface area contributed by atoms with Crippen LogP contribution in [0.5, 0.6) is 0 Å². The normalized spacial score (nSPS) is 20.5. The van der Waals surface area contributed by atoms with Crippen molar-refractivity contribution in [3.05, 3.63) is 0 Å². The largest absolute Gasteiger partial charge is 0.351 e. The maximum atomic E-state index is 5.34. The highest BCUT2D eigenvalue weighted by Gasteiger charge is 2.12. The van der Waals surface area contributed by atoms with Gasteiger partial charge in [-0.15, -0.1) is 0 Å². The second-order valence-electron chi connectivity index (χ2n) is 2.73. The molecule has 11 heavy (non-hydrogen) atoms. The molecular formula is C8H17NO2. The van der Waals surface area contributed by atoms with E-state index in [0.29, 0.717) is 0 Å². The molecule has 1 rings (SSSR count). The average Bonchev–Trinajstić information content (AvgIpc) is 2.07. The molecule has 3 heteroatoms. The Morgan fingerprint density at radius 2 is 2.09 bits per heavy atom. The van der Waals surface area contributed by atoms with Crippen molar-refractivity contribution in [1.82, 2.24) is 5.32 Å². The van der Waals surface area contributed by atoms with Gasteiger partial charge in [-0.05, 0) is 19.4 Å². The molecule has 0 amide bonds. The standard InChI is InChI=1S/C8H17NO2/c1-2-4-9-7-8-10-5-3-6-11-8/h8-9H,2-7H2,1H3. The summed E-state index contributed by atoms with van der Waals surface area (Å²) in [6, 6.07) is 0. The fourth-order valence-electron chi connectivity index (χ4n) is 1.05. The first kappa shape index (κ1) is 8.97. The second kappa shape index (κ2) is 5.52. The highest BCUT2D eigenvalue weighted by atomic mass is 16.7. The van der Waals surface area contributed by atoms with Crippen LogP contribution in [0.25, 0.3) is 0 Å². The molecule has 0 radical (unpaired) electrons. The fourth-order valence-corrected chi connectivity index (χ4v) is 1.05. The van der Waals surface area contributed by atoms with Gasteiger partial charge in [-0.2, -0.15) is 0 Å². The Bertz CT molecular complexity index is 92.1. The van der Waals surface area contributed by atoms with E-state index in [4.69, 9.17) is 9.47 Å². The van der Waals surface area contributed by atoms with Crippen LogP contribution in [0.4, 0.5) is 0 Å². The zero-order valence-electron chi connectivity index (χ0n) is 7.14. The van der Waals surface area contributed by atoms with Gasteiger partial charge in [0.05, 0.1) is 13.2 Å². The molecule has 0 bridgehead atoms. The molecule has 1 N–H and O–H groups in total. The molecule has 66 valence electrons. The van der Waals surface area contributed by atoms with Crippen molar-refractivity contribution < 1.29 is 9.47 Å². The van der Waals surface area contributed by atoms with Crippen LogP contribution in [-0.2, 0) is 9.47 Å². The van der Waals surface area contributed by atoms with Crippen LogP contribution in [-0.4, -0.2) is 32.6 Å². The van der Waals surface area contributed by atoms with Gasteiger partial charge in [-0.3, -0.25) is 0 Å². The number of rotatable bonds is 4. The minimum Gasteiger partial charge on any atom is -0.351 e. The van der Waals surface area contributed by atoms with Crippen molar-refractivity contribution in [2.45, 2.75) is 26.1 Å². The van der Waals surface area contributed by atoms with Gasteiger partial charge in [0, 0.05) is 6.54 Å². The lowest BCUT2D eigenvalue weighted by atomic mass is 10.4. The summed E-state index contributed by atoms with van der Waals surface area (Å²) >= 11 is 0. The third-order valence-electron chi connectivity index (χ3n) is 1.63. The van der Waals surface area contributed by atoms with E-state index in [-0.39, 0.29) is 6.29 Å². The molecule has 1 fully saturated rings. The maximum Gasteiger partial charge on any atom is 0.169 e. The molecule has 0 atom stereocenters. The van der Waals surface area contributed by atoms with E-state index in [2.05, 4.69) is 12.2 Å². The Labute approximate surface area is 68.1 Å². The van der Waals surface area contributed by atoms with Gasteiger partial charge < -0.3 is 14.8 Å². The molecule has 0 spiro atoms. The van der Waals surface area contributed by atoms with Gasteiger partial charge in [0.15, 0.2) is 6.29 Å². The zero-order valence-corrected chi connectivity index (χ0v) is 7.14. The summed E-state index contributed by atoms with van der Waals surface area (Å²) in [5.74, 6) is 0. The van der Waals surface area contributed by atoms with Gasteiger partial charge in [-0.25, -0.2) is 0 Å². The van der Waals surface area contributed by atoms with Crippen LogP contribution >= 0.6 is 0 Å². The molecule has 0 saturated carbocycles. The van der Waals surface area contributed by atoms with Crippen LogP contribution in [0, 0.1) is 0 Å². The zero-order chi connectivity index (χ0) is 7.94. The minimum absolute atomic E-state index is 0.00435. The predicted octanol–water partition coefficient (Wildman–Crippen LogP) is 0.749. The van der Waals surface area contributed by atoms with E-state index >= 15 is 0 Å². The first-order chi connectivity index (χ1) is 5.43. The third kappa shape index (κ3) is 3.70. The highest BCUT2D eigenvalue weighted by molar-refractivity contribution is 4.54. The number of hydrogen-bond acceptors (Lipinski definition) is 3. The SMILES string of the molecule is CCCNCC1OCCCO1. The van der Waals surface area contributed by atoms with Crippen molar-refractivity contribution >= 4 is 0 Å². The molecule has 0 aromatic carbocycles. The molecule has 3 nitrogen and oxygen atoms in total. The molecule has 0 aromatic rings. The first-order valence-electron chi connectivity index (χ1n) is 4.37. The second-order valence-corrected chi connectivity index (χ2v) is 2.73. The molecule has 0 unspecified atom stereocenters. The van der Waals surface area contributed by atoms with Crippen molar-refractivity contribution in [3.8, 4) is 0 Å². The van der Waals surface area contributed by atoms with Crippen LogP contribution in [0.1, 0.15) is 19.8 Å². The number of nitrogens with one attached hydrogen (secondary N) is 1. The Morgan fingerprint density at radius 3 is 2.73 bits per heavy atom. The van der Waals surface area contributed by atoms with Crippen molar-refractivity contribution in [1.29, 1.82) is 0 Å². The average molecular weight is 159 g/mol. The van der Waals surface area contributed by atoms with Crippen LogP contribution < -0.4 is 5.32 Å². The number of ether oxygens (including phenoxy) is 2. The summed E-state index contributed by atoms with van der Waals surface area (Å²) < 4.78 is 10.7. The Hall–Kier alpha value is -0.120. The van der Waals surface area contributed by atoms with Crippen molar-refractivity contribution in [2.24, 2.45) is 0 Å². The first-order valence-corrected chi connectivity index (χ1v) is 4.37. The smallest absolute Gasteiger partial charge is 0.169 e. The lowest BCUT2D eigenvalue weighted by Gasteiger charge is -2.23. The summed E-state index contributed by atoms with van der Waals surface area (Å²) in [6.45, 7) is 5.71. The molecule has 1 heterocycles.